The molecule has 0 radical (unpaired) electrons. The molecule has 0 amide bonds. The highest BCUT2D eigenvalue weighted by molar-refractivity contribution is 5.30. The number of hydrogen-bond donors (Lipinski definition) is 1. The third-order valence-corrected chi connectivity index (χ3v) is 2.95. The Kier molecular flexibility index (Phi) is 4.88. The molecule has 1 aromatic carbocycles. The summed E-state index contributed by atoms with van der Waals surface area (Å²) in [6.45, 7) is -1.25. The Bertz CT molecular complexity index is 433. The summed E-state index contributed by atoms with van der Waals surface area (Å²) >= 11 is 0. The van der Waals surface area contributed by atoms with Gasteiger partial charge in [0.05, 0.1) is 6.10 Å². The van der Waals surface area contributed by atoms with Crippen LogP contribution in [0.2, 0.25) is 0 Å². The van der Waals surface area contributed by atoms with E-state index in [1.807, 2.05) is 24.3 Å². The van der Waals surface area contributed by atoms with Crippen molar-refractivity contribution in [1.82, 2.24) is 0 Å². The van der Waals surface area contributed by atoms with Gasteiger partial charge in [-0.15, -0.1) is 0 Å². The van der Waals surface area contributed by atoms with Crippen LogP contribution in [0.5, 0.6) is 5.75 Å². The predicted octanol–water partition coefficient (Wildman–Crippen LogP) is 3.20. The summed E-state index contributed by atoms with van der Waals surface area (Å²) in [4.78, 5) is 0. The summed E-state index contributed by atoms with van der Waals surface area (Å²) in [5, 5.41) is 0. The summed E-state index contributed by atoms with van der Waals surface area (Å²) < 4.78 is 45.9. The largest absolute Gasteiger partial charge is 0.490 e. The van der Waals surface area contributed by atoms with Crippen molar-refractivity contribution in [1.29, 1.82) is 0 Å². The van der Waals surface area contributed by atoms with Crippen molar-refractivity contribution in [2.45, 2.75) is 37.6 Å². The molecule has 2 rings (SSSR count). The second-order valence-corrected chi connectivity index (χ2v) is 4.95. The third-order valence-electron chi connectivity index (χ3n) is 2.95. The van der Waals surface area contributed by atoms with E-state index in [9.17, 15) is 13.2 Å². The fourth-order valence-electron chi connectivity index (χ4n) is 1.76. The maximum Gasteiger partial charge on any atom is 0.411 e. The SMILES string of the molecule is NC(CCOCC(F)(F)F)c1cccc(OC2CC2)c1. The summed E-state index contributed by atoms with van der Waals surface area (Å²) in [5.74, 6) is 0.761. The zero-order valence-electron chi connectivity index (χ0n) is 11.0. The minimum absolute atomic E-state index is 0.0195. The molecule has 0 bridgehead atoms. The quantitative estimate of drug-likeness (QED) is 0.784. The Hall–Kier alpha value is -1.27. The topological polar surface area (TPSA) is 44.5 Å². The van der Waals surface area contributed by atoms with Crippen LogP contribution < -0.4 is 10.5 Å². The Labute approximate surface area is 115 Å². The average Bonchev–Trinajstić information content (AvgIpc) is 3.17. The molecule has 0 saturated heterocycles. The molecule has 20 heavy (non-hydrogen) atoms. The van der Waals surface area contributed by atoms with Crippen molar-refractivity contribution in [3.63, 3.8) is 0 Å². The first kappa shape index (κ1) is 15.1. The number of benzene rings is 1. The number of halogens is 3. The van der Waals surface area contributed by atoms with Crippen LogP contribution in [-0.2, 0) is 4.74 Å². The van der Waals surface area contributed by atoms with Crippen molar-refractivity contribution >= 4 is 0 Å². The fraction of sp³-hybridized carbons (Fsp3) is 0.571. The van der Waals surface area contributed by atoms with Gasteiger partial charge < -0.3 is 15.2 Å². The van der Waals surface area contributed by atoms with E-state index in [0.29, 0.717) is 12.5 Å². The van der Waals surface area contributed by atoms with Crippen LogP contribution >= 0.6 is 0 Å². The number of ether oxygens (including phenoxy) is 2. The maximum atomic E-state index is 11.9. The first-order valence-electron chi connectivity index (χ1n) is 6.61. The van der Waals surface area contributed by atoms with Gasteiger partial charge in [-0.1, -0.05) is 12.1 Å². The van der Waals surface area contributed by atoms with Gasteiger partial charge in [-0.3, -0.25) is 0 Å². The van der Waals surface area contributed by atoms with E-state index in [2.05, 4.69) is 4.74 Å². The average molecular weight is 289 g/mol. The Balaban J connectivity index is 1.77. The monoisotopic (exact) mass is 289 g/mol. The molecule has 2 N–H and O–H groups in total. The summed E-state index contributed by atoms with van der Waals surface area (Å²) in [5.41, 5.74) is 6.79. The highest BCUT2D eigenvalue weighted by Gasteiger charge is 2.27. The lowest BCUT2D eigenvalue weighted by atomic mass is 10.1. The molecular weight excluding hydrogens is 271 g/mol. The molecule has 0 spiro atoms. The lowest BCUT2D eigenvalue weighted by Crippen LogP contribution is -2.19. The van der Waals surface area contributed by atoms with Crippen LogP contribution in [0.15, 0.2) is 24.3 Å². The number of rotatable bonds is 7. The fourth-order valence-corrected chi connectivity index (χ4v) is 1.76. The van der Waals surface area contributed by atoms with Gasteiger partial charge in [0.15, 0.2) is 0 Å². The molecule has 0 aromatic heterocycles. The van der Waals surface area contributed by atoms with Gasteiger partial charge in [0.1, 0.15) is 12.4 Å². The van der Waals surface area contributed by atoms with Gasteiger partial charge in [0.2, 0.25) is 0 Å². The first-order valence-corrected chi connectivity index (χ1v) is 6.61. The summed E-state index contributed by atoms with van der Waals surface area (Å²) in [7, 11) is 0. The maximum absolute atomic E-state index is 11.9. The molecule has 1 fully saturated rings. The summed E-state index contributed by atoms with van der Waals surface area (Å²) in [6, 6.07) is 7.02. The van der Waals surface area contributed by atoms with E-state index in [0.717, 1.165) is 24.2 Å². The molecule has 112 valence electrons. The molecule has 3 nitrogen and oxygen atoms in total. The lowest BCUT2D eigenvalue weighted by Gasteiger charge is -2.14. The second-order valence-electron chi connectivity index (χ2n) is 4.95. The standard InChI is InChI=1S/C14H18F3NO2/c15-14(16,17)9-19-7-6-13(18)10-2-1-3-12(8-10)20-11-4-5-11/h1-3,8,11,13H,4-7,9,18H2. The number of nitrogens with two attached hydrogens (primary N) is 1. The van der Waals surface area contributed by atoms with Crippen LogP contribution in [-0.4, -0.2) is 25.5 Å². The van der Waals surface area contributed by atoms with Crippen LogP contribution in [0.25, 0.3) is 0 Å². The molecule has 1 aromatic rings. The van der Waals surface area contributed by atoms with Crippen molar-refractivity contribution in [2.24, 2.45) is 5.73 Å². The molecular formula is C14H18F3NO2. The van der Waals surface area contributed by atoms with Crippen LogP contribution in [0.4, 0.5) is 13.2 Å². The Morgan fingerprint density at radius 1 is 1.30 bits per heavy atom. The minimum atomic E-state index is -4.29. The van der Waals surface area contributed by atoms with E-state index >= 15 is 0 Å². The number of alkyl halides is 3. The van der Waals surface area contributed by atoms with Crippen LogP contribution in [0.1, 0.15) is 30.9 Å². The van der Waals surface area contributed by atoms with Crippen LogP contribution in [0.3, 0.4) is 0 Å². The highest BCUT2D eigenvalue weighted by Crippen LogP contribution is 2.28. The molecule has 0 heterocycles. The smallest absolute Gasteiger partial charge is 0.411 e. The third kappa shape index (κ3) is 5.38. The lowest BCUT2D eigenvalue weighted by molar-refractivity contribution is -0.174. The van der Waals surface area contributed by atoms with E-state index < -0.39 is 12.8 Å². The first-order chi connectivity index (χ1) is 9.44. The second kappa shape index (κ2) is 6.45. The zero-order valence-corrected chi connectivity index (χ0v) is 11.0. The van der Waals surface area contributed by atoms with Crippen molar-refractivity contribution in [2.75, 3.05) is 13.2 Å². The van der Waals surface area contributed by atoms with Crippen LogP contribution in [0, 0.1) is 0 Å². The predicted molar refractivity (Wildman–Crippen MR) is 68.5 cm³/mol. The molecule has 1 atom stereocenters. The Morgan fingerprint density at radius 2 is 2.05 bits per heavy atom. The molecule has 1 aliphatic rings. The number of hydrogen-bond acceptors (Lipinski definition) is 3. The van der Waals surface area contributed by atoms with E-state index in [4.69, 9.17) is 10.5 Å². The van der Waals surface area contributed by atoms with Gasteiger partial charge in [-0.2, -0.15) is 13.2 Å². The minimum Gasteiger partial charge on any atom is -0.490 e. The molecule has 1 saturated carbocycles. The van der Waals surface area contributed by atoms with E-state index in [1.54, 1.807) is 0 Å². The normalized spacial score (nSPS) is 17.0. The van der Waals surface area contributed by atoms with E-state index in [-0.39, 0.29) is 12.6 Å². The molecule has 1 aliphatic carbocycles. The molecule has 1 unspecified atom stereocenters. The van der Waals surface area contributed by atoms with Crippen molar-refractivity contribution in [3.05, 3.63) is 29.8 Å². The molecule has 6 heteroatoms. The van der Waals surface area contributed by atoms with Gasteiger partial charge in [-0.05, 0) is 37.0 Å². The van der Waals surface area contributed by atoms with E-state index in [1.165, 1.54) is 0 Å². The van der Waals surface area contributed by atoms with Gasteiger partial charge in [0.25, 0.3) is 0 Å². The van der Waals surface area contributed by atoms with Gasteiger partial charge in [0, 0.05) is 12.6 Å². The zero-order chi connectivity index (χ0) is 14.6. The highest BCUT2D eigenvalue weighted by atomic mass is 19.4. The Morgan fingerprint density at radius 3 is 2.70 bits per heavy atom. The van der Waals surface area contributed by atoms with Crippen molar-refractivity contribution < 1.29 is 22.6 Å². The molecule has 0 aliphatic heterocycles. The summed E-state index contributed by atoms with van der Waals surface area (Å²) in [6.07, 6.45) is -1.51. The van der Waals surface area contributed by atoms with Crippen molar-refractivity contribution in [3.8, 4) is 5.75 Å². The van der Waals surface area contributed by atoms with Gasteiger partial charge >= 0.3 is 6.18 Å². The van der Waals surface area contributed by atoms with Gasteiger partial charge in [-0.25, -0.2) is 0 Å².